The minimum absolute atomic E-state index is 0.0347. The molecule has 0 aromatic heterocycles. The van der Waals surface area contributed by atoms with Crippen LogP contribution in [0.2, 0.25) is 5.02 Å². The Morgan fingerprint density at radius 1 is 0.974 bits per heavy atom. The molecule has 208 valence electrons. The van der Waals surface area contributed by atoms with Gasteiger partial charge in [0.15, 0.2) is 0 Å². The van der Waals surface area contributed by atoms with Crippen molar-refractivity contribution in [2.45, 2.75) is 38.1 Å². The molecule has 4 amide bonds. The molecule has 2 N–H and O–H groups in total. The number of amides is 4. The van der Waals surface area contributed by atoms with Crippen LogP contribution in [0.5, 0.6) is 0 Å². The number of carbonyl (C=O) groups excluding carboxylic acids is 3. The summed E-state index contributed by atoms with van der Waals surface area (Å²) in [7, 11) is 0. The molecular formula is C30H38ClN5O3. The van der Waals surface area contributed by atoms with Crippen molar-refractivity contribution in [2.75, 3.05) is 50.7 Å². The molecule has 2 aliphatic heterocycles. The van der Waals surface area contributed by atoms with Crippen LogP contribution >= 0.6 is 11.6 Å². The third-order valence-corrected chi connectivity index (χ3v) is 8.56. The Kier molecular flexibility index (Phi) is 9.04. The lowest BCUT2D eigenvalue weighted by Gasteiger charge is -2.42. The van der Waals surface area contributed by atoms with Gasteiger partial charge in [0.05, 0.1) is 5.92 Å². The number of anilines is 1. The van der Waals surface area contributed by atoms with Gasteiger partial charge in [0, 0.05) is 61.9 Å². The van der Waals surface area contributed by atoms with Gasteiger partial charge in [0.2, 0.25) is 11.8 Å². The van der Waals surface area contributed by atoms with Gasteiger partial charge in [-0.1, -0.05) is 48.0 Å². The SMILES string of the molecule is O=C(NCCCN1CCN(c2cccc(Cl)c2)CC1)C1CCC2C(=O)N(CCc3ccccc3)C(=O)NC2C1. The number of halogens is 1. The van der Waals surface area contributed by atoms with E-state index in [1.807, 2.05) is 48.5 Å². The molecule has 2 saturated heterocycles. The second-order valence-electron chi connectivity index (χ2n) is 10.9. The first kappa shape index (κ1) is 27.5. The second-order valence-corrected chi connectivity index (χ2v) is 11.3. The summed E-state index contributed by atoms with van der Waals surface area (Å²) in [6.07, 6.45) is 3.35. The topological polar surface area (TPSA) is 85.0 Å². The normalized spacial score (nSPS) is 23.8. The van der Waals surface area contributed by atoms with Gasteiger partial charge in [-0.15, -0.1) is 0 Å². The lowest BCUT2D eigenvalue weighted by Crippen LogP contribution is -2.62. The number of nitrogens with zero attached hydrogens (tertiary/aromatic N) is 3. The van der Waals surface area contributed by atoms with Crippen molar-refractivity contribution in [2.24, 2.45) is 11.8 Å². The zero-order valence-electron chi connectivity index (χ0n) is 22.4. The van der Waals surface area contributed by atoms with E-state index in [0.29, 0.717) is 38.8 Å². The third-order valence-electron chi connectivity index (χ3n) is 8.32. The molecule has 39 heavy (non-hydrogen) atoms. The fourth-order valence-corrected chi connectivity index (χ4v) is 6.24. The van der Waals surface area contributed by atoms with E-state index in [0.717, 1.165) is 49.7 Å². The van der Waals surface area contributed by atoms with Crippen molar-refractivity contribution in [3.8, 4) is 0 Å². The molecule has 3 fully saturated rings. The number of rotatable bonds is 9. The molecule has 2 aromatic carbocycles. The average Bonchev–Trinajstić information content (AvgIpc) is 2.95. The van der Waals surface area contributed by atoms with Crippen LogP contribution in [0.15, 0.2) is 54.6 Å². The Balaban J connectivity index is 1.00. The van der Waals surface area contributed by atoms with E-state index in [1.54, 1.807) is 0 Å². The Morgan fingerprint density at radius 3 is 2.54 bits per heavy atom. The summed E-state index contributed by atoms with van der Waals surface area (Å²) in [6, 6.07) is 17.3. The molecule has 0 bridgehead atoms. The molecule has 1 saturated carbocycles. The minimum Gasteiger partial charge on any atom is -0.369 e. The molecule has 0 radical (unpaired) electrons. The van der Waals surface area contributed by atoms with Crippen LogP contribution in [0.4, 0.5) is 10.5 Å². The van der Waals surface area contributed by atoms with E-state index >= 15 is 0 Å². The van der Waals surface area contributed by atoms with E-state index in [1.165, 1.54) is 10.6 Å². The van der Waals surface area contributed by atoms with Gasteiger partial charge in [-0.05, 0) is 62.4 Å². The van der Waals surface area contributed by atoms with E-state index in [9.17, 15) is 14.4 Å². The summed E-state index contributed by atoms with van der Waals surface area (Å²) in [5.74, 6) is -0.481. The van der Waals surface area contributed by atoms with Gasteiger partial charge in [-0.25, -0.2) is 4.79 Å². The van der Waals surface area contributed by atoms with Crippen molar-refractivity contribution in [1.29, 1.82) is 0 Å². The molecule has 3 aliphatic rings. The van der Waals surface area contributed by atoms with Gasteiger partial charge >= 0.3 is 6.03 Å². The first-order chi connectivity index (χ1) is 19.0. The van der Waals surface area contributed by atoms with Gasteiger partial charge in [-0.3, -0.25) is 19.4 Å². The van der Waals surface area contributed by atoms with Gasteiger partial charge in [0.25, 0.3) is 0 Å². The predicted molar refractivity (Wildman–Crippen MR) is 153 cm³/mol. The van der Waals surface area contributed by atoms with Crippen LogP contribution in [0.1, 0.15) is 31.2 Å². The van der Waals surface area contributed by atoms with Crippen LogP contribution in [0.25, 0.3) is 0 Å². The molecule has 3 unspecified atom stereocenters. The maximum Gasteiger partial charge on any atom is 0.324 e. The molecule has 1 aliphatic carbocycles. The van der Waals surface area contributed by atoms with Gasteiger partial charge in [-0.2, -0.15) is 0 Å². The predicted octanol–water partition coefficient (Wildman–Crippen LogP) is 3.55. The molecule has 2 heterocycles. The zero-order valence-corrected chi connectivity index (χ0v) is 23.1. The zero-order chi connectivity index (χ0) is 27.2. The first-order valence-corrected chi connectivity index (χ1v) is 14.5. The maximum atomic E-state index is 13.1. The smallest absolute Gasteiger partial charge is 0.324 e. The van der Waals surface area contributed by atoms with Crippen molar-refractivity contribution in [3.63, 3.8) is 0 Å². The lowest BCUT2D eigenvalue weighted by molar-refractivity contribution is -0.139. The Morgan fingerprint density at radius 2 is 1.77 bits per heavy atom. The molecule has 5 rings (SSSR count). The molecule has 9 heteroatoms. The number of carbonyl (C=O) groups is 3. The summed E-state index contributed by atoms with van der Waals surface area (Å²) >= 11 is 6.14. The fraction of sp³-hybridized carbons (Fsp3) is 0.500. The number of imide groups is 1. The number of hydrogen-bond donors (Lipinski definition) is 2. The maximum absolute atomic E-state index is 13.1. The number of hydrogen-bond acceptors (Lipinski definition) is 5. The Hall–Kier alpha value is -3.10. The number of nitrogens with one attached hydrogen (secondary N) is 2. The number of fused-ring (bicyclic) bond motifs is 1. The minimum atomic E-state index is -0.339. The highest BCUT2D eigenvalue weighted by atomic mass is 35.5. The van der Waals surface area contributed by atoms with Crippen molar-refractivity contribution in [3.05, 3.63) is 65.2 Å². The van der Waals surface area contributed by atoms with E-state index in [-0.39, 0.29) is 35.7 Å². The summed E-state index contributed by atoms with van der Waals surface area (Å²) in [4.78, 5) is 44.8. The summed E-state index contributed by atoms with van der Waals surface area (Å²) in [6.45, 7) is 5.86. The largest absolute Gasteiger partial charge is 0.369 e. The standard InChI is InChI=1S/C30H38ClN5O3/c31-24-8-4-9-25(21-24)35-18-16-34(17-19-35)14-5-13-32-28(37)23-10-11-26-27(20-23)33-30(39)36(29(26)38)15-12-22-6-2-1-3-7-22/h1-4,6-9,21,23,26-27H,5,10-20H2,(H,32,37)(H,33,39). The highest BCUT2D eigenvalue weighted by molar-refractivity contribution is 6.30. The fourth-order valence-electron chi connectivity index (χ4n) is 6.06. The van der Waals surface area contributed by atoms with Crippen LogP contribution in [-0.4, -0.2) is 79.5 Å². The molecule has 8 nitrogen and oxygen atoms in total. The van der Waals surface area contributed by atoms with Crippen molar-refractivity contribution in [1.82, 2.24) is 20.4 Å². The van der Waals surface area contributed by atoms with E-state index in [4.69, 9.17) is 11.6 Å². The summed E-state index contributed by atoms with van der Waals surface area (Å²) < 4.78 is 0. The highest BCUT2D eigenvalue weighted by Gasteiger charge is 2.45. The third kappa shape index (κ3) is 6.92. The lowest BCUT2D eigenvalue weighted by atomic mass is 9.76. The molecule has 0 spiro atoms. The summed E-state index contributed by atoms with van der Waals surface area (Å²) in [5, 5.41) is 6.88. The Bertz CT molecular complexity index is 1150. The number of benzene rings is 2. The molecule has 3 atom stereocenters. The van der Waals surface area contributed by atoms with Crippen LogP contribution in [0, 0.1) is 11.8 Å². The Labute approximate surface area is 235 Å². The van der Waals surface area contributed by atoms with Crippen LogP contribution < -0.4 is 15.5 Å². The first-order valence-electron chi connectivity index (χ1n) is 14.1. The molecule has 2 aromatic rings. The second kappa shape index (κ2) is 12.8. The quantitative estimate of drug-likeness (QED) is 0.466. The van der Waals surface area contributed by atoms with Crippen molar-refractivity contribution < 1.29 is 14.4 Å². The van der Waals surface area contributed by atoms with Gasteiger partial charge in [0.1, 0.15) is 0 Å². The van der Waals surface area contributed by atoms with Crippen LogP contribution in [-0.2, 0) is 16.0 Å². The number of urea groups is 1. The average molecular weight is 552 g/mol. The van der Waals surface area contributed by atoms with Gasteiger partial charge < -0.3 is 15.5 Å². The monoisotopic (exact) mass is 551 g/mol. The number of piperazine rings is 1. The van der Waals surface area contributed by atoms with Crippen molar-refractivity contribution >= 4 is 35.1 Å². The highest BCUT2D eigenvalue weighted by Crippen LogP contribution is 2.33. The van der Waals surface area contributed by atoms with E-state index in [2.05, 4.69) is 26.5 Å². The van der Waals surface area contributed by atoms with Crippen LogP contribution in [0.3, 0.4) is 0 Å². The molecular weight excluding hydrogens is 514 g/mol. The van der Waals surface area contributed by atoms with E-state index < -0.39 is 0 Å². The summed E-state index contributed by atoms with van der Waals surface area (Å²) in [5.41, 5.74) is 2.26.